The summed E-state index contributed by atoms with van der Waals surface area (Å²) in [4.78, 5) is 9.34. The molecule has 2 aromatic rings. The molecule has 1 fully saturated rings. The SMILES string of the molecule is COc1ccc(CN2CCN(Cc3cccnc3)C(C)(C)C2)cc1. The minimum atomic E-state index is 0.153. The molecule has 0 atom stereocenters. The highest BCUT2D eigenvalue weighted by Gasteiger charge is 2.33. The lowest BCUT2D eigenvalue weighted by molar-refractivity contribution is 0.0102. The second-order valence-corrected chi connectivity index (χ2v) is 7.15. The summed E-state index contributed by atoms with van der Waals surface area (Å²) < 4.78 is 5.24. The second kappa shape index (κ2) is 7.32. The van der Waals surface area contributed by atoms with Crippen molar-refractivity contribution in [2.75, 3.05) is 26.7 Å². The Morgan fingerprint density at radius 3 is 2.46 bits per heavy atom. The zero-order valence-electron chi connectivity index (χ0n) is 14.9. The number of nitrogens with zero attached hydrogens (tertiary/aromatic N) is 3. The minimum Gasteiger partial charge on any atom is -0.497 e. The number of hydrogen-bond donors (Lipinski definition) is 0. The lowest BCUT2D eigenvalue weighted by atomic mass is 9.97. The van der Waals surface area contributed by atoms with Crippen LogP contribution in [-0.2, 0) is 13.1 Å². The third kappa shape index (κ3) is 4.13. The van der Waals surface area contributed by atoms with E-state index in [-0.39, 0.29) is 5.54 Å². The molecule has 3 rings (SSSR count). The van der Waals surface area contributed by atoms with E-state index in [1.807, 2.05) is 30.6 Å². The quantitative estimate of drug-likeness (QED) is 0.844. The Hall–Kier alpha value is -1.91. The summed E-state index contributed by atoms with van der Waals surface area (Å²) in [6, 6.07) is 12.6. The van der Waals surface area contributed by atoms with E-state index in [1.165, 1.54) is 11.1 Å². The van der Waals surface area contributed by atoms with Crippen LogP contribution in [-0.4, -0.2) is 47.1 Å². The Morgan fingerprint density at radius 2 is 1.83 bits per heavy atom. The van der Waals surface area contributed by atoms with Crippen LogP contribution in [0.5, 0.6) is 5.75 Å². The highest BCUT2D eigenvalue weighted by Crippen LogP contribution is 2.24. The van der Waals surface area contributed by atoms with E-state index in [4.69, 9.17) is 4.74 Å². The van der Waals surface area contributed by atoms with Crippen LogP contribution in [0.25, 0.3) is 0 Å². The Labute approximate surface area is 145 Å². The van der Waals surface area contributed by atoms with Crippen LogP contribution >= 0.6 is 0 Å². The van der Waals surface area contributed by atoms with Crippen molar-refractivity contribution in [1.82, 2.24) is 14.8 Å². The fourth-order valence-corrected chi connectivity index (χ4v) is 3.42. The van der Waals surface area contributed by atoms with Gasteiger partial charge in [0.2, 0.25) is 0 Å². The van der Waals surface area contributed by atoms with E-state index in [0.717, 1.165) is 38.5 Å². The number of benzene rings is 1. The van der Waals surface area contributed by atoms with Crippen molar-refractivity contribution in [3.8, 4) is 5.75 Å². The van der Waals surface area contributed by atoms with Gasteiger partial charge in [0.15, 0.2) is 0 Å². The first-order chi connectivity index (χ1) is 11.6. The maximum Gasteiger partial charge on any atom is 0.118 e. The predicted molar refractivity (Wildman–Crippen MR) is 97.0 cm³/mol. The van der Waals surface area contributed by atoms with Gasteiger partial charge in [-0.15, -0.1) is 0 Å². The van der Waals surface area contributed by atoms with E-state index in [1.54, 1.807) is 7.11 Å². The number of ether oxygens (including phenoxy) is 1. The van der Waals surface area contributed by atoms with Gasteiger partial charge in [0.25, 0.3) is 0 Å². The average Bonchev–Trinajstić information content (AvgIpc) is 2.58. The van der Waals surface area contributed by atoms with Gasteiger partial charge in [-0.05, 0) is 43.2 Å². The van der Waals surface area contributed by atoms with Crippen molar-refractivity contribution in [1.29, 1.82) is 0 Å². The lowest BCUT2D eigenvalue weighted by Gasteiger charge is -2.47. The Bertz CT molecular complexity index is 640. The average molecular weight is 325 g/mol. The van der Waals surface area contributed by atoms with Gasteiger partial charge in [-0.3, -0.25) is 14.8 Å². The zero-order valence-corrected chi connectivity index (χ0v) is 14.9. The molecule has 0 saturated carbocycles. The fraction of sp³-hybridized carbons (Fsp3) is 0.450. The highest BCUT2D eigenvalue weighted by molar-refractivity contribution is 5.27. The van der Waals surface area contributed by atoms with Crippen LogP contribution in [0.3, 0.4) is 0 Å². The Balaban J connectivity index is 1.60. The molecule has 0 N–H and O–H groups in total. The van der Waals surface area contributed by atoms with E-state index in [2.05, 4.69) is 46.8 Å². The number of pyridine rings is 1. The smallest absolute Gasteiger partial charge is 0.118 e. The summed E-state index contributed by atoms with van der Waals surface area (Å²) >= 11 is 0. The van der Waals surface area contributed by atoms with Gasteiger partial charge in [-0.25, -0.2) is 0 Å². The molecular formula is C20H27N3O. The van der Waals surface area contributed by atoms with E-state index < -0.39 is 0 Å². The van der Waals surface area contributed by atoms with E-state index in [0.29, 0.717) is 0 Å². The molecule has 1 saturated heterocycles. The lowest BCUT2D eigenvalue weighted by Crippen LogP contribution is -2.58. The molecule has 1 aliphatic rings. The molecule has 1 aromatic heterocycles. The third-order valence-corrected chi connectivity index (χ3v) is 4.81. The van der Waals surface area contributed by atoms with Crippen LogP contribution in [0.15, 0.2) is 48.8 Å². The normalized spacial score (nSPS) is 18.5. The summed E-state index contributed by atoms with van der Waals surface area (Å²) in [6.07, 6.45) is 3.81. The molecule has 24 heavy (non-hydrogen) atoms. The van der Waals surface area contributed by atoms with Gasteiger partial charge in [0.1, 0.15) is 5.75 Å². The maximum absolute atomic E-state index is 5.24. The number of rotatable bonds is 5. The van der Waals surface area contributed by atoms with Crippen molar-refractivity contribution in [2.24, 2.45) is 0 Å². The number of piperazine rings is 1. The molecule has 1 aromatic carbocycles. The zero-order chi connectivity index (χ0) is 17.0. The number of aromatic nitrogens is 1. The van der Waals surface area contributed by atoms with Crippen molar-refractivity contribution in [2.45, 2.75) is 32.5 Å². The van der Waals surface area contributed by atoms with Gasteiger partial charge in [-0.2, -0.15) is 0 Å². The molecule has 128 valence electrons. The summed E-state index contributed by atoms with van der Waals surface area (Å²) in [5.74, 6) is 0.917. The van der Waals surface area contributed by atoms with E-state index in [9.17, 15) is 0 Å². The third-order valence-electron chi connectivity index (χ3n) is 4.81. The van der Waals surface area contributed by atoms with E-state index >= 15 is 0 Å². The molecule has 2 heterocycles. The van der Waals surface area contributed by atoms with Crippen LogP contribution in [0.2, 0.25) is 0 Å². The monoisotopic (exact) mass is 325 g/mol. The van der Waals surface area contributed by atoms with Crippen LogP contribution in [0.4, 0.5) is 0 Å². The first-order valence-electron chi connectivity index (χ1n) is 8.56. The van der Waals surface area contributed by atoms with Crippen LogP contribution in [0.1, 0.15) is 25.0 Å². The minimum absolute atomic E-state index is 0.153. The number of methoxy groups -OCH3 is 1. The molecule has 0 unspecified atom stereocenters. The van der Waals surface area contributed by atoms with Crippen LogP contribution < -0.4 is 4.74 Å². The Morgan fingerprint density at radius 1 is 1.04 bits per heavy atom. The summed E-state index contributed by atoms with van der Waals surface area (Å²) in [5.41, 5.74) is 2.78. The Kier molecular flexibility index (Phi) is 5.17. The summed E-state index contributed by atoms with van der Waals surface area (Å²) in [6.45, 7) is 9.88. The molecule has 0 spiro atoms. The van der Waals surface area contributed by atoms with Gasteiger partial charge in [0, 0.05) is 50.7 Å². The van der Waals surface area contributed by atoms with Gasteiger partial charge in [0.05, 0.1) is 7.11 Å². The maximum atomic E-state index is 5.24. The summed E-state index contributed by atoms with van der Waals surface area (Å²) in [5, 5.41) is 0. The fourth-order valence-electron chi connectivity index (χ4n) is 3.42. The summed E-state index contributed by atoms with van der Waals surface area (Å²) in [7, 11) is 1.71. The highest BCUT2D eigenvalue weighted by atomic mass is 16.5. The van der Waals surface area contributed by atoms with Crippen molar-refractivity contribution in [3.05, 3.63) is 59.9 Å². The van der Waals surface area contributed by atoms with Gasteiger partial charge < -0.3 is 4.74 Å². The van der Waals surface area contributed by atoms with Gasteiger partial charge >= 0.3 is 0 Å². The predicted octanol–water partition coefficient (Wildman–Crippen LogP) is 3.19. The molecule has 0 radical (unpaired) electrons. The second-order valence-electron chi connectivity index (χ2n) is 7.15. The number of hydrogen-bond acceptors (Lipinski definition) is 4. The molecule has 0 aliphatic carbocycles. The first-order valence-corrected chi connectivity index (χ1v) is 8.56. The molecule has 0 amide bonds. The first kappa shape index (κ1) is 16.9. The topological polar surface area (TPSA) is 28.6 Å². The molecular weight excluding hydrogens is 298 g/mol. The molecule has 0 bridgehead atoms. The van der Waals surface area contributed by atoms with Crippen molar-refractivity contribution in [3.63, 3.8) is 0 Å². The molecule has 4 nitrogen and oxygen atoms in total. The van der Waals surface area contributed by atoms with Crippen molar-refractivity contribution >= 4 is 0 Å². The van der Waals surface area contributed by atoms with Crippen molar-refractivity contribution < 1.29 is 4.74 Å². The molecule has 1 aliphatic heterocycles. The largest absolute Gasteiger partial charge is 0.497 e. The van der Waals surface area contributed by atoms with Gasteiger partial charge in [-0.1, -0.05) is 18.2 Å². The van der Waals surface area contributed by atoms with Crippen LogP contribution in [0, 0.1) is 0 Å². The molecule has 4 heteroatoms. The standard InChI is InChI=1S/C20H27N3O/c1-20(2)16-22(14-17-6-8-19(24-3)9-7-17)11-12-23(20)15-18-5-4-10-21-13-18/h4-10,13H,11-12,14-16H2,1-3H3.